The number of halogens is 1. The summed E-state index contributed by atoms with van der Waals surface area (Å²) in [6.07, 6.45) is 1.61. The molecule has 0 aliphatic carbocycles. The van der Waals surface area contributed by atoms with Crippen molar-refractivity contribution >= 4 is 39.1 Å². The van der Waals surface area contributed by atoms with Crippen molar-refractivity contribution < 1.29 is 23.5 Å². The van der Waals surface area contributed by atoms with Gasteiger partial charge < -0.3 is 19.3 Å². The number of nitrogens with zero attached hydrogens (tertiary/aromatic N) is 3. The van der Waals surface area contributed by atoms with Gasteiger partial charge >= 0.3 is 0 Å². The number of methoxy groups -OCH3 is 1. The highest BCUT2D eigenvalue weighted by molar-refractivity contribution is 7.20. The molecule has 33 heavy (non-hydrogen) atoms. The number of fused-ring (bicyclic) bond motifs is 1. The van der Waals surface area contributed by atoms with E-state index in [9.17, 15) is 14.0 Å². The zero-order valence-corrected chi connectivity index (χ0v) is 19.0. The molecule has 2 aliphatic heterocycles. The molecule has 172 valence electrons. The van der Waals surface area contributed by atoms with Crippen LogP contribution in [0.15, 0.2) is 42.5 Å². The van der Waals surface area contributed by atoms with Crippen molar-refractivity contribution in [1.29, 1.82) is 0 Å². The van der Waals surface area contributed by atoms with Crippen molar-refractivity contribution in [2.75, 3.05) is 31.6 Å². The molecule has 7 nitrogen and oxygen atoms in total. The molecular weight excluding hydrogens is 445 g/mol. The van der Waals surface area contributed by atoms with Crippen molar-refractivity contribution in [2.24, 2.45) is 5.92 Å². The summed E-state index contributed by atoms with van der Waals surface area (Å²) >= 11 is 1.49. The number of benzene rings is 2. The van der Waals surface area contributed by atoms with Crippen LogP contribution in [0.3, 0.4) is 0 Å². The van der Waals surface area contributed by atoms with Crippen LogP contribution >= 0.6 is 11.3 Å². The fourth-order valence-electron chi connectivity index (χ4n) is 4.40. The Labute approximate surface area is 194 Å². The molecule has 1 aromatic heterocycles. The standard InChI is InChI=1S/C24H24FN3O4S/c1-31-19-6-7-20-21(13-19)33-24(26-20)32-18-8-10-27(11-9-18)23(30)15-12-22(29)28(14-15)17-4-2-16(25)3-5-17/h2-7,13,15,18H,8-12,14H2,1H3. The van der Waals surface area contributed by atoms with Gasteiger partial charge in [-0.15, -0.1) is 0 Å². The maximum atomic E-state index is 13.2. The highest BCUT2D eigenvalue weighted by Gasteiger charge is 2.38. The highest BCUT2D eigenvalue weighted by Crippen LogP contribution is 2.33. The molecule has 0 bridgehead atoms. The highest BCUT2D eigenvalue weighted by atomic mass is 32.1. The van der Waals surface area contributed by atoms with Gasteiger partial charge in [0.1, 0.15) is 17.7 Å². The van der Waals surface area contributed by atoms with Crippen LogP contribution < -0.4 is 14.4 Å². The van der Waals surface area contributed by atoms with E-state index in [-0.39, 0.29) is 36.1 Å². The second-order valence-corrected chi connectivity index (χ2v) is 9.33. The third kappa shape index (κ3) is 4.50. The van der Waals surface area contributed by atoms with E-state index >= 15 is 0 Å². The van der Waals surface area contributed by atoms with E-state index in [4.69, 9.17) is 9.47 Å². The normalized spacial score (nSPS) is 19.3. The number of ether oxygens (including phenoxy) is 2. The fourth-order valence-corrected chi connectivity index (χ4v) is 5.31. The molecule has 2 aromatic carbocycles. The maximum absolute atomic E-state index is 13.2. The number of hydrogen-bond acceptors (Lipinski definition) is 6. The third-order valence-corrected chi connectivity index (χ3v) is 7.12. The van der Waals surface area contributed by atoms with Gasteiger partial charge in [-0.2, -0.15) is 0 Å². The number of piperidine rings is 1. The Hall–Kier alpha value is -3.20. The Bertz CT molecular complexity index is 1170. The lowest BCUT2D eigenvalue weighted by Gasteiger charge is -2.33. The number of amides is 2. The summed E-state index contributed by atoms with van der Waals surface area (Å²) in [6.45, 7) is 1.50. The Kier molecular flexibility index (Phi) is 5.88. The third-order valence-electron chi connectivity index (χ3n) is 6.21. The fraction of sp³-hybridized carbons (Fsp3) is 0.375. The van der Waals surface area contributed by atoms with Crippen LogP contribution in [0.5, 0.6) is 10.9 Å². The summed E-state index contributed by atoms with van der Waals surface area (Å²) < 4.78 is 25.6. The lowest BCUT2D eigenvalue weighted by Crippen LogP contribution is -2.44. The van der Waals surface area contributed by atoms with Crippen molar-refractivity contribution in [3.63, 3.8) is 0 Å². The Morgan fingerprint density at radius 3 is 2.64 bits per heavy atom. The number of hydrogen-bond donors (Lipinski definition) is 0. The quantitative estimate of drug-likeness (QED) is 0.567. The number of thiazole rings is 1. The molecule has 2 amide bonds. The molecule has 0 spiro atoms. The molecular formula is C24H24FN3O4S. The van der Waals surface area contributed by atoms with Crippen LogP contribution in [0.2, 0.25) is 0 Å². The van der Waals surface area contributed by atoms with E-state index in [0.717, 1.165) is 16.0 Å². The molecule has 3 aromatic rings. The van der Waals surface area contributed by atoms with Crippen LogP contribution in [-0.2, 0) is 9.59 Å². The first-order chi connectivity index (χ1) is 16.0. The second kappa shape index (κ2) is 8.97. The van der Waals surface area contributed by atoms with E-state index in [1.165, 1.54) is 23.5 Å². The minimum absolute atomic E-state index is 0.00139. The number of carbonyl (C=O) groups is 2. The Morgan fingerprint density at radius 2 is 1.91 bits per heavy atom. The zero-order chi connectivity index (χ0) is 22.9. The lowest BCUT2D eigenvalue weighted by atomic mass is 10.0. The second-order valence-electron chi connectivity index (χ2n) is 8.34. The van der Waals surface area contributed by atoms with Gasteiger partial charge in [-0.1, -0.05) is 11.3 Å². The van der Waals surface area contributed by atoms with Gasteiger partial charge in [0.2, 0.25) is 11.8 Å². The molecule has 1 atom stereocenters. The molecule has 5 rings (SSSR count). The number of rotatable bonds is 5. The topological polar surface area (TPSA) is 72.0 Å². The van der Waals surface area contributed by atoms with Crippen LogP contribution in [0, 0.1) is 11.7 Å². The first kappa shape index (κ1) is 21.6. The lowest BCUT2D eigenvalue weighted by molar-refractivity contribution is -0.137. The van der Waals surface area contributed by atoms with Crippen LogP contribution in [0.4, 0.5) is 10.1 Å². The summed E-state index contributed by atoms with van der Waals surface area (Å²) in [7, 11) is 1.64. The largest absolute Gasteiger partial charge is 0.497 e. The van der Waals surface area contributed by atoms with Gasteiger partial charge in [0, 0.05) is 44.6 Å². The van der Waals surface area contributed by atoms with Crippen LogP contribution in [0.25, 0.3) is 10.2 Å². The van der Waals surface area contributed by atoms with Gasteiger partial charge in [0.05, 0.1) is 23.2 Å². The first-order valence-corrected chi connectivity index (χ1v) is 11.8. The van der Waals surface area contributed by atoms with Gasteiger partial charge in [0.15, 0.2) is 0 Å². The maximum Gasteiger partial charge on any atom is 0.274 e. The molecule has 0 saturated carbocycles. The Balaban J connectivity index is 1.16. The van der Waals surface area contributed by atoms with Gasteiger partial charge in [-0.3, -0.25) is 9.59 Å². The van der Waals surface area contributed by atoms with Crippen molar-refractivity contribution in [3.05, 3.63) is 48.3 Å². The monoisotopic (exact) mass is 469 g/mol. The zero-order valence-electron chi connectivity index (χ0n) is 18.2. The van der Waals surface area contributed by atoms with E-state index in [1.54, 1.807) is 24.1 Å². The van der Waals surface area contributed by atoms with E-state index < -0.39 is 0 Å². The summed E-state index contributed by atoms with van der Waals surface area (Å²) in [4.78, 5) is 33.4. The predicted molar refractivity (Wildman–Crippen MR) is 123 cm³/mol. The van der Waals surface area contributed by atoms with Gasteiger partial charge in [-0.05, 0) is 42.5 Å². The van der Waals surface area contributed by atoms with E-state index in [2.05, 4.69) is 4.98 Å². The average Bonchev–Trinajstić information content (AvgIpc) is 3.41. The van der Waals surface area contributed by atoms with Gasteiger partial charge in [-0.25, -0.2) is 9.37 Å². The Morgan fingerprint density at radius 1 is 1.15 bits per heavy atom. The number of carbonyl (C=O) groups excluding carboxylic acids is 2. The van der Waals surface area contributed by atoms with E-state index in [1.807, 2.05) is 23.1 Å². The molecule has 0 N–H and O–H groups in total. The number of likely N-dealkylation sites (tertiary alicyclic amines) is 1. The average molecular weight is 470 g/mol. The molecule has 2 saturated heterocycles. The van der Waals surface area contributed by atoms with Crippen LogP contribution in [0.1, 0.15) is 19.3 Å². The molecule has 1 unspecified atom stereocenters. The summed E-state index contributed by atoms with van der Waals surface area (Å²) in [5.74, 6) is -0.0509. The minimum Gasteiger partial charge on any atom is -0.497 e. The first-order valence-electron chi connectivity index (χ1n) is 11.0. The molecule has 2 aliphatic rings. The van der Waals surface area contributed by atoms with Crippen molar-refractivity contribution in [2.45, 2.75) is 25.4 Å². The van der Waals surface area contributed by atoms with E-state index in [0.29, 0.717) is 43.4 Å². The van der Waals surface area contributed by atoms with Crippen LogP contribution in [-0.4, -0.2) is 54.5 Å². The number of aromatic nitrogens is 1. The number of anilines is 1. The summed E-state index contributed by atoms with van der Waals surface area (Å²) in [5, 5.41) is 0.624. The van der Waals surface area contributed by atoms with Gasteiger partial charge in [0.25, 0.3) is 5.19 Å². The SMILES string of the molecule is COc1ccc2nc(OC3CCN(C(=O)C4CC(=O)N(c5ccc(F)cc5)C4)CC3)sc2c1. The van der Waals surface area contributed by atoms with Crippen molar-refractivity contribution in [3.8, 4) is 10.9 Å². The van der Waals surface area contributed by atoms with Crippen molar-refractivity contribution in [1.82, 2.24) is 9.88 Å². The molecule has 0 radical (unpaired) electrons. The predicted octanol–water partition coefficient (Wildman–Crippen LogP) is 3.87. The molecule has 2 fully saturated rings. The smallest absolute Gasteiger partial charge is 0.274 e. The minimum atomic E-state index is -0.376. The molecule has 3 heterocycles. The molecule has 9 heteroatoms. The summed E-state index contributed by atoms with van der Waals surface area (Å²) in [6, 6.07) is 11.5. The summed E-state index contributed by atoms with van der Waals surface area (Å²) in [5.41, 5.74) is 1.50.